The number of anilines is 1. The maximum absolute atomic E-state index is 14.3. The van der Waals surface area contributed by atoms with Gasteiger partial charge in [-0.3, -0.25) is 9.59 Å². The minimum Gasteiger partial charge on any atom is -0.374 e. The van der Waals surface area contributed by atoms with E-state index in [1.165, 1.54) is 40.5 Å². The van der Waals surface area contributed by atoms with E-state index in [1.54, 1.807) is 24.3 Å². The van der Waals surface area contributed by atoms with E-state index in [-0.39, 0.29) is 30.7 Å². The number of nitrogens with one attached hydrogen (secondary N) is 2. The van der Waals surface area contributed by atoms with Gasteiger partial charge in [-0.2, -0.15) is 0 Å². The molecule has 12 heteroatoms. The summed E-state index contributed by atoms with van der Waals surface area (Å²) >= 11 is 7.05. The molecule has 0 bridgehead atoms. The zero-order valence-corrected chi connectivity index (χ0v) is 18.8. The summed E-state index contributed by atoms with van der Waals surface area (Å²) < 4.78 is 15.8. The third-order valence-electron chi connectivity index (χ3n) is 3.59. The van der Waals surface area contributed by atoms with Gasteiger partial charge in [0, 0.05) is 18.7 Å². The summed E-state index contributed by atoms with van der Waals surface area (Å²) in [6, 6.07) is 8.14. The van der Waals surface area contributed by atoms with Crippen molar-refractivity contribution in [2.24, 2.45) is 0 Å². The average molecular weight is 516 g/mol. The number of carbonyl (C=O) groups is 2. The highest BCUT2D eigenvalue weighted by molar-refractivity contribution is 9.11. The molecule has 2 amide bonds. The fraction of sp³-hybridized carbons (Fsp3) is 0.176. The van der Waals surface area contributed by atoms with Crippen LogP contribution in [0.5, 0.6) is 0 Å². The first-order valence-corrected chi connectivity index (χ1v) is 11.6. The number of thioether (sulfide) groups is 1. The van der Waals surface area contributed by atoms with Crippen molar-refractivity contribution in [2.45, 2.75) is 17.4 Å². The van der Waals surface area contributed by atoms with E-state index in [0.29, 0.717) is 25.5 Å². The molecule has 0 radical (unpaired) electrons. The van der Waals surface area contributed by atoms with Crippen LogP contribution in [0.2, 0.25) is 0 Å². The second kappa shape index (κ2) is 10.1. The molecule has 0 unspecified atom stereocenters. The Morgan fingerprint density at radius 2 is 1.97 bits per heavy atom. The Balaban J connectivity index is 1.46. The molecule has 0 aliphatic rings. The van der Waals surface area contributed by atoms with E-state index in [1.807, 2.05) is 0 Å². The number of nitrogens with two attached hydrogens (primary N) is 1. The van der Waals surface area contributed by atoms with Crippen molar-refractivity contribution in [3.8, 4) is 0 Å². The molecular weight excluding hydrogens is 501 g/mol. The van der Waals surface area contributed by atoms with Gasteiger partial charge in [-0.15, -0.1) is 21.5 Å². The van der Waals surface area contributed by atoms with Gasteiger partial charge in [0.05, 0.1) is 14.4 Å². The average Bonchev–Trinajstić information content (AvgIpc) is 3.32. The maximum Gasteiger partial charge on any atom is 0.261 e. The monoisotopic (exact) mass is 515 g/mol. The fourth-order valence-corrected chi connectivity index (χ4v) is 4.97. The van der Waals surface area contributed by atoms with Gasteiger partial charge in [0.25, 0.3) is 5.91 Å². The van der Waals surface area contributed by atoms with Crippen LogP contribution in [0.1, 0.15) is 20.8 Å². The van der Waals surface area contributed by atoms with Crippen LogP contribution in [-0.2, 0) is 17.9 Å². The number of nitrogens with zero attached hydrogens (tertiary/aromatic N) is 2. The number of halogens is 2. The number of nitrogen functional groups attached to an aromatic ring is 1. The molecule has 4 N–H and O–H groups in total. The molecule has 0 spiro atoms. The lowest BCUT2D eigenvalue weighted by atomic mass is 10.1. The number of aromatic nitrogens is 2. The number of thiophene rings is 1. The van der Waals surface area contributed by atoms with Crippen molar-refractivity contribution in [2.75, 3.05) is 11.5 Å². The lowest BCUT2D eigenvalue weighted by molar-refractivity contribution is -0.118. The van der Waals surface area contributed by atoms with Crippen LogP contribution < -0.4 is 16.4 Å². The Morgan fingerprint density at radius 1 is 1.14 bits per heavy atom. The van der Waals surface area contributed by atoms with Gasteiger partial charge in [-0.1, -0.05) is 35.2 Å². The van der Waals surface area contributed by atoms with Gasteiger partial charge in [0.15, 0.2) is 4.34 Å². The molecule has 0 aliphatic heterocycles. The molecule has 1 aromatic carbocycles. The van der Waals surface area contributed by atoms with E-state index < -0.39 is 5.82 Å². The molecule has 0 fully saturated rings. The summed E-state index contributed by atoms with van der Waals surface area (Å²) in [6.07, 6.45) is 0. The lowest BCUT2D eigenvalue weighted by Crippen LogP contribution is -2.25. The molecular formula is C17H15BrFN5O2S3. The highest BCUT2D eigenvalue weighted by Gasteiger charge is 2.11. The van der Waals surface area contributed by atoms with E-state index in [0.717, 1.165) is 3.79 Å². The quantitative estimate of drug-likeness (QED) is 0.396. The smallest absolute Gasteiger partial charge is 0.261 e. The largest absolute Gasteiger partial charge is 0.374 e. The Kier molecular flexibility index (Phi) is 7.58. The van der Waals surface area contributed by atoms with Crippen molar-refractivity contribution in [1.82, 2.24) is 20.8 Å². The molecule has 152 valence electrons. The first-order valence-electron chi connectivity index (χ1n) is 8.20. The zero-order chi connectivity index (χ0) is 20.8. The zero-order valence-electron chi connectivity index (χ0n) is 14.8. The highest BCUT2D eigenvalue weighted by atomic mass is 79.9. The third-order valence-corrected chi connectivity index (χ3v) is 7.10. The molecule has 3 aromatic rings. The number of amides is 2. The van der Waals surface area contributed by atoms with Gasteiger partial charge < -0.3 is 16.4 Å². The maximum atomic E-state index is 14.3. The number of hydrogen-bond acceptors (Lipinski definition) is 8. The van der Waals surface area contributed by atoms with Gasteiger partial charge in [0.1, 0.15) is 5.82 Å². The second-order valence-corrected chi connectivity index (χ2v) is 10.4. The summed E-state index contributed by atoms with van der Waals surface area (Å²) in [7, 11) is 0. The van der Waals surface area contributed by atoms with Gasteiger partial charge >= 0.3 is 0 Å². The summed E-state index contributed by atoms with van der Waals surface area (Å²) in [6.45, 7) is 0.277. The predicted molar refractivity (Wildman–Crippen MR) is 116 cm³/mol. The number of hydrogen-bond donors (Lipinski definition) is 3. The van der Waals surface area contributed by atoms with Crippen LogP contribution in [0.15, 0.2) is 38.5 Å². The molecule has 3 rings (SSSR count). The first-order chi connectivity index (χ1) is 13.9. The summed E-state index contributed by atoms with van der Waals surface area (Å²) in [5.74, 6) is -0.739. The number of rotatable bonds is 8. The fourth-order valence-electron chi connectivity index (χ4n) is 2.20. The predicted octanol–water partition coefficient (Wildman–Crippen LogP) is 3.42. The normalized spacial score (nSPS) is 10.7. The Bertz CT molecular complexity index is 1030. The van der Waals surface area contributed by atoms with Crippen LogP contribution in [-0.4, -0.2) is 27.8 Å². The van der Waals surface area contributed by atoms with Crippen molar-refractivity contribution in [3.63, 3.8) is 0 Å². The van der Waals surface area contributed by atoms with Crippen molar-refractivity contribution in [1.29, 1.82) is 0 Å². The first kappa shape index (κ1) is 21.7. The Hall–Kier alpha value is -2.02. The van der Waals surface area contributed by atoms with Crippen molar-refractivity contribution < 1.29 is 14.0 Å². The van der Waals surface area contributed by atoms with Gasteiger partial charge in [0.2, 0.25) is 11.0 Å². The van der Waals surface area contributed by atoms with Crippen LogP contribution >= 0.6 is 50.4 Å². The second-order valence-electron chi connectivity index (χ2n) is 5.68. The van der Waals surface area contributed by atoms with Crippen LogP contribution in [0.3, 0.4) is 0 Å². The Morgan fingerprint density at radius 3 is 2.62 bits per heavy atom. The summed E-state index contributed by atoms with van der Waals surface area (Å²) in [5, 5.41) is 13.3. The summed E-state index contributed by atoms with van der Waals surface area (Å²) in [5.41, 5.74) is 6.48. The molecule has 0 saturated carbocycles. The highest BCUT2D eigenvalue weighted by Crippen LogP contribution is 2.23. The number of benzene rings is 1. The van der Waals surface area contributed by atoms with Crippen molar-refractivity contribution >= 4 is 67.3 Å². The summed E-state index contributed by atoms with van der Waals surface area (Å²) in [4.78, 5) is 24.5. The molecule has 2 aromatic heterocycles. The van der Waals surface area contributed by atoms with Crippen LogP contribution in [0.4, 0.5) is 9.52 Å². The van der Waals surface area contributed by atoms with E-state index in [2.05, 4.69) is 36.8 Å². The molecule has 0 atom stereocenters. The topological polar surface area (TPSA) is 110 Å². The minimum atomic E-state index is -0.442. The molecule has 0 aliphatic carbocycles. The lowest BCUT2D eigenvalue weighted by Gasteiger charge is -2.08. The SMILES string of the molecule is Nc1nnc(SCC(=O)NCc2ccc(CNC(=O)c3ccc(Br)s3)c(F)c2)s1. The van der Waals surface area contributed by atoms with E-state index in [9.17, 15) is 14.0 Å². The molecule has 0 saturated heterocycles. The van der Waals surface area contributed by atoms with Crippen LogP contribution in [0, 0.1) is 5.82 Å². The Labute approximate surface area is 186 Å². The van der Waals surface area contributed by atoms with Crippen molar-refractivity contribution in [3.05, 3.63) is 55.9 Å². The van der Waals surface area contributed by atoms with Gasteiger partial charge in [-0.25, -0.2) is 4.39 Å². The molecule has 2 heterocycles. The molecule has 7 nitrogen and oxygen atoms in total. The standard InChI is InChI=1S/C17H15BrFN5O2S3/c18-13-4-3-12(28-13)15(26)22-7-10-2-1-9(5-11(10)19)6-21-14(25)8-27-17-24-23-16(20)29-17/h1-5H,6-8H2,(H2,20,23)(H,21,25)(H,22,26). The third kappa shape index (κ3) is 6.49. The van der Waals surface area contributed by atoms with E-state index in [4.69, 9.17) is 5.73 Å². The number of carbonyl (C=O) groups excluding carboxylic acids is 2. The van der Waals surface area contributed by atoms with E-state index >= 15 is 0 Å². The van der Waals surface area contributed by atoms with Gasteiger partial charge in [-0.05, 0) is 39.7 Å². The van der Waals surface area contributed by atoms with Crippen LogP contribution in [0.25, 0.3) is 0 Å². The molecule has 29 heavy (non-hydrogen) atoms. The minimum absolute atomic E-state index is 0.0778.